The minimum absolute atomic E-state index is 0.146. The van der Waals surface area contributed by atoms with Crippen LogP contribution in [0.2, 0.25) is 0 Å². The summed E-state index contributed by atoms with van der Waals surface area (Å²) in [4.78, 5) is 13.6. The predicted molar refractivity (Wildman–Crippen MR) is 79.3 cm³/mol. The van der Waals surface area contributed by atoms with Crippen LogP contribution in [0.25, 0.3) is 0 Å². The quantitative estimate of drug-likeness (QED) is 0.800. The molecule has 2 heterocycles. The standard InChI is InChI=1S/C13H15BrF3N5O/c1-8-11(14)12(13(15,16)17)19-22(8)7-10(23)20(2)6-9-4-5-18-21(9)3/h4-5H,6-7H2,1-3H3. The van der Waals surface area contributed by atoms with Crippen molar-refractivity contribution in [3.05, 3.63) is 33.8 Å². The van der Waals surface area contributed by atoms with Crippen LogP contribution >= 0.6 is 15.9 Å². The summed E-state index contributed by atoms with van der Waals surface area (Å²) in [6.07, 6.45) is -2.96. The van der Waals surface area contributed by atoms with Gasteiger partial charge >= 0.3 is 6.18 Å². The van der Waals surface area contributed by atoms with Gasteiger partial charge in [0.1, 0.15) is 6.54 Å². The van der Waals surface area contributed by atoms with E-state index in [0.29, 0.717) is 6.54 Å². The Bertz CT molecular complexity index is 722. The third-order valence-electron chi connectivity index (χ3n) is 3.43. The lowest BCUT2D eigenvalue weighted by Gasteiger charge is -2.17. The number of rotatable bonds is 4. The highest BCUT2D eigenvalue weighted by molar-refractivity contribution is 9.10. The maximum absolute atomic E-state index is 12.8. The molecule has 0 fully saturated rings. The second kappa shape index (κ2) is 6.34. The first-order valence-corrected chi connectivity index (χ1v) is 7.41. The highest BCUT2D eigenvalue weighted by atomic mass is 79.9. The van der Waals surface area contributed by atoms with E-state index in [1.807, 2.05) is 0 Å². The third kappa shape index (κ3) is 3.74. The molecule has 2 aromatic heterocycles. The molecule has 10 heteroatoms. The fourth-order valence-corrected chi connectivity index (χ4v) is 2.50. The van der Waals surface area contributed by atoms with Crippen LogP contribution in [0.5, 0.6) is 0 Å². The van der Waals surface area contributed by atoms with Crippen LogP contribution in [0.4, 0.5) is 13.2 Å². The number of aryl methyl sites for hydroxylation is 1. The van der Waals surface area contributed by atoms with Gasteiger partial charge in [-0.25, -0.2) is 0 Å². The van der Waals surface area contributed by atoms with Crippen molar-refractivity contribution < 1.29 is 18.0 Å². The summed E-state index contributed by atoms with van der Waals surface area (Å²) >= 11 is 2.88. The van der Waals surface area contributed by atoms with Crippen LogP contribution in [0.1, 0.15) is 17.1 Å². The van der Waals surface area contributed by atoms with Crippen molar-refractivity contribution in [2.75, 3.05) is 7.05 Å². The van der Waals surface area contributed by atoms with Crippen LogP contribution in [0.3, 0.4) is 0 Å². The summed E-state index contributed by atoms with van der Waals surface area (Å²) < 4.78 is 41.0. The van der Waals surface area contributed by atoms with Gasteiger partial charge in [-0.15, -0.1) is 0 Å². The van der Waals surface area contributed by atoms with Gasteiger partial charge in [0.25, 0.3) is 0 Å². The second-order valence-corrected chi connectivity index (χ2v) is 5.89. The van der Waals surface area contributed by atoms with Gasteiger partial charge < -0.3 is 4.90 Å². The number of aromatic nitrogens is 4. The molecule has 0 radical (unpaired) electrons. The van der Waals surface area contributed by atoms with E-state index in [2.05, 4.69) is 26.1 Å². The minimum atomic E-state index is -4.57. The predicted octanol–water partition coefficient (Wildman–Crippen LogP) is 2.36. The summed E-state index contributed by atoms with van der Waals surface area (Å²) in [6.45, 7) is 1.51. The summed E-state index contributed by atoms with van der Waals surface area (Å²) in [5.74, 6) is -0.349. The SMILES string of the molecule is Cc1c(Br)c(C(F)(F)F)nn1CC(=O)N(C)Cc1ccnn1C. The van der Waals surface area contributed by atoms with E-state index >= 15 is 0 Å². The van der Waals surface area contributed by atoms with Gasteiger partial charge in [-0.1, -0.05) is 0 Å². The molecule has 0 spiro atoms. The Labute approximate surface area is 139 Å². The Hall–Kier alpha value is -1.84. The molecule has 1 amide bonds. The molecular formula is C13H15BrF3N5O. The van der Waals surface area contributed by atoms with E-state index in [0.717, 1.165) is 10.4 Å². The molecule has 0 bridgehead atoms. The average Bonchev–Trinajstić information content (AvgIpc) is 2.97. The third-order valence-corrected chi connectivity index (χ3v) is 4.38. The van der Waals surface area contributed by atoms with Gasteiger partial charge in [-0.3, -0.25) is 14.2 Å². The van der Waals surface area contributed by atoms with E-state index < -0.39 is 11.9 Å². The highest BCUT2D eigenvalue weighted by Crippen LogP contribution is 2.35. The molecule has 2 aromatic rings. The summed E-state index contributed by atoms with van der Waals surface area (Å²) in [5, 5.41) is 7.50. The lowest BCUT2D eigenvalue weighted by molar-refractivity contribution is -0.142. The Morgan fingerprint density at radius 2 is 2.09 bits per heavy atom. The van der Waals surface area contributed by atoms with Crippen molar-refractivity contribution in [1.82, 2.24) is 24.5 Å². The summed E-state index contributed by atoms with van der Waals surface area (Å²) in [5.41, 5.74) is 0.0342. The number of carbonyl (C=O) groups excluding carboxylic acids is 1. The molecule has 0 aliphatic rings. The lowest BCUT2D eigenvalue weighted by Crippen LogP contribution is -2.31. The second-order valence-electron chi connectivity index (χ2n) is 5.10. The first-order valence-electron chi connectivity index (χ1n) is 6.62. The molecule has 6 nitrogen and oxygen atoms in total. The number of nitrogens with zero attached hydrogens (tertiary/aromatic N) is 5. The average molecular weight is 394 g/mol. The van der Waals surface area contributed by atoms with Crippen molar-refractivity contribution >= 4 is 21.8 Å². The highest BCUT2D eigenvalue weighted by Gasteiger charge is 2.38. The number of hydrogen-bond acceptors (Lipinski definition) is 3. The van der Waals surface area contributed by atoms with E-state index in [-0.39, 0.29) is 22.6 Å². The molecule has 0 saturated heterocycles. The Morgan fingerprint density at radius 3 is 2.57 bits per heavy atom. The van der Waals surface area contributed by atoms with Crippen LogP contribution in [0.15, 0.2) is 16.7 Å². The molecule has 126 valence electrons. The first kappa shape index (κ1) is 17.5. The molecular weight excluding hydrogens is 379 g/mol. The minimum Gasteiger partial charge on any atom is -0.338 e. The number of amides is 1. The molecule has 0 aliphatic heterocycles. The van der Waals surface area contributed by atoms with Crippen molar-refractivity contribution in [2.45, 2.75) is 26.2 Å². The Balaban J connectivity index is 2.13. The molecule has 2 rings (SSSR count). The number of halogens is 4. The van der Waals surface area contributed by atoms with Crippen molar-refractivity contribution in [3.63, 3.8) is 0 Å². The smallest absolute Gasteiger partial charge is 0.338 e. The number of hydrogen-bond donors (Lipinski definition) is 0. The largest absolute Gasteiger partial charge is 0.436 e. The fourth-order valence-electron chi connectivity index (χ4n) is 2.00. The summed E-state index contributed by atoms with van der Waals surface area (Å²) in [6, 6.07) is 1.77. The van der Waals surface area contributed by atoms with Crippen LogP contribution in [-0.2, 0) is 31.1 Å². The number of alkyl halides is 3. The van der Waals surface area contributed by atoms with Crippen molar-refractivity contribution in [3.8, 4) is 0 Å². The molecule has 0 aliphatic carbocycles. The lowest BCUT2D eigenvalue weighted by atomic mass is 10.3. The van der Waals surface area contributed by atoms with E-state index in [1.54, 1.807) is 31.0 Å². The van der Waals surface area contributed by atoms with Crippen molar-refractivity contribution in [2.24, 2.45) is 7.05 Å². The Morgan fingerprint density at radius 1 is 1.43 bits per heavy atom. The number of likely N-dealkylation sites (N-methyl/N-ethyl adjacent to an activating group) is 1. The molecule has 0 aromatic carbocycles. The van der Waals surface area contributed by atoms with E-state index in [9.17, 15) is 18.0 Å². The van der Waals surface area contributed by atoms with Crippen LogP contribution in [0, 0.1) is 6.92 Å². The summed E-state index contributed by atoms with van der Waals surface area (Å²) in [7, 11) is 3.33. The zero-order valence-corrected chi connectivity index (χ0v) is 14.3. The molecule has 0 N–H and O–H groups in total. The molecule has 0 atom stereocenters. The Kier molecular flexibility index (Phi) is 4.83. The normalized spacial score (nSPS) is 11.8. The van der Waals surface area contributed by atoms with Gasteiger partial charge in [0.2, 0.25) is 5.91 Å². The fraction of sp³-hybridized carbons (Fsp3) is 0.462. The van der Waals surface area contributed by atoms with Gasteiger partial charge in [-0.05, 0) is 28.9 Å². The molecule has 0 unspecified atom stereocenters. The maximum Gasteiger partial charge on any atom is 0.436 e. The van der Waals surface area contributed by atoms with E-state index in [4.69, 9.17) is 0 Å². The van der Waals surface area contributed by atoms with Gasteiger partial charge in [0, 0.05) is 20.3 Å². The van der Waals surface area contributed by atoms with Gasteiger partial charge in [0.05, 0.1) is 22.4 Å². The maximum atomic E-state index is 12.8. The van der Waals surface area contributed by atoms with Gasteiger partial charge in [-0.2, -0.15) is 23.4 Å². The van der Waals surface area contributed by atoms with Gasteiger partial charge in [0.15, 0.2) is 5.69 Å². The molecule has 0 saturated carbocycles. The van der Waals surface area contributed by atoms with Crippen LogP contribution in [-0.4, -0.2) is 37.4 Å². The monoisotopic (exact) mass is 393 g/mol. The first-order chi connectivity index (χ1) is 10.6. The molecule has 23 heavy (non-hydrogen) atoms. The van der Waals surface area contributed by atoms with Crippen molar-refractivity contribution in [1.29, 1.82) is 0 Å². The zero-order chi connectivity index (χ0) is 17.4. The van der Waals surface area contributed by atoms with Crippen LogP contribution < -0.4 is 0 Å². The number of carbonyl (C=O) groups is 1. The van der Waals surface area contributed by atoms with E-state index in [1.165, 1.54) is 11.8 Å². The zero-order valence-electron chi connectivity index (χ0n) is 12.7. The topological polar surface area (TPSA) is 56.0 Å².